The number of hydrogen-bond acceptors (Lipinski definition) is 6. The van der Waals surface area contributed by atoms with Crippen LogP contribution in [-0.2, 0) is 29.4 Å². The highest BCUT2D eigenvalue weighted by atomic mass is 32.2. The van der Waals surface area contributed by atoms with Gasteiger partial charge in [0.25, 0.3) is 0 Å². The Labute approximate surface area is 157 Å². The van der Waals surface area contributed by atoms with Crippen molar-refractivity contribution in [1.29, 1.82) is 0 Å². The van der Waals surface area contributed by atoms with Crippen LogP contribution in [-0.4, -0.2) is 40.4 Å². The van der Waals surface area contributed by atoms with Crippen LogP contribution in [0.1, 0.15) is 48.0 Å². The number of sulfonamides is 1. The molecule has 1 aliphatic rings. The molecule has 0 atom stereocenters. The molecule has 0 spiro atoms. The third-order valence-electron chi connectivity index (χ3n) is 4.51. The number of fused-ring (bicyclic) bond motifs is 1. The van der Waals surface area contributed by atoms with E-state index in [2.05, 4.69) is 18.8 Å². The third kappa shape index (κ3) is 3.98. The number of aryl methyl sites for hydroxylation is 1. The molecule has 0 fully saturated rings. The Morgan fingerprint density at radius 3 is 2.78 bits per heavy atom. The van der Waals surface area contributed by atoms with Gasteiger partial charge in [0.2, 0.25) is 10.0 Å². The fourth-order valence-corrected chi connectivity index (χ4v) is 4.38. The SMILES string of the molecule is CC(C)CCc1nc2c(o1)CCN(S(=O)(=O)c1ccc(O)c(C(=O)O)c1)C2. The molecule has 2 heterocycles. The van der Waals surface area contributed by atoms with Crippen LogP contribution in [0.4, 0.5) is 0 Å². The summed E-state index contributed by atoms with van der Waals surface area (Å²) < 4.78 is 32.8. The zero-order chi connectivity index (χ0) is 19.8. The van der Waals surface area contributed by atoms with Crippen molar-refractivity contribution in [3.63, 3.8) is 0 Å². The van der Waals surface area contributed by atoms with Gasteiger partial charge in [-0.05, 0) is 30.5 Å². The minimum Gasteiger partial charge on any atom is -0.507 e. The molecular weight excluding hydrogens is 372 g/mol. The second-order valence-corrected chi connectivity index (χ2v) is 8.92. The Balaban J connectivity index is 1.83. The molecule has 0 unspecified atom stereocenters. The van der Waals surface area contributed by atoms with Crippen LogP contribution in [0, 0.1) is 5.92 Å². The van der Waals surface area contributed by atoms with Crippen molar-refractivity contribution in [1.82, 2.24) is 9.29 Å². The van der Waals surface area contributed by atoms with E-state index in [4.69, 9.17) is 9.52 Å². The number of phenols is 1. The summed E-state index contributed by atoms with van der Waals surface area (Å²) in [6.07, 6.45) is 2.05. The van der Waals surface area contributed by atoms with Gasteiger partial charge < -0.3 is 14.6 Å². The molecule has 3 rings (SSSR count). The van der Waals surface area contributed by atoms with Crippen LogP contribution in [0.15, 0.2) is 27.5 Å². The van der Waals surface area contributed by atoms with Gasteiger partial charge in [-0.25, -0.2) is 18.2 Å². The zero-order valence-electron chi connectivity index (χ0n) is 15.2. The van der Waals surface area contributed by atoms with Gasteiger partial charge in [-0.2, -0.15) is 4.31 Å². The molecule has 146 valence electrons. The molecule has 8 nitrogen and oxygen atoms in total. The number of benzene rings is 1. The molecule has 27 heavy (non-hydrogen) atoms. The van der Waals surface area contributed by atoms with E-state index in [-0.39, 0.29) is 18.0 Å². The van der Waals surface area contributed by atoms with Crippen LogP contribution in [0.2, 0.25) is 0 Å². The lowest BCUT2D eigenvalue weighted by Crippen LogP contribution is -2.35. The molecular formula is C18H22N2O6S. The molecule has 0 aliphatic carbocycles. The Morgan fingerprint density at radius 1 is 1.37 bits per heavy atom. The lowest BCUT2D eigenvalue weighted by Gasteiger charge is -2.24. The van der Waals surface area contributed by atoms with Crippen molar-refractivity contribution in [2.45, 2.75) is 44.6 Å². The number of carboxylic acids is 1. The number of aromatic hydroxyl groups is 1. The topological polar surface area (TPSA) is 121 Å². The van der Waals surface area contributed by atoms with E-state index in [1.54, 1.807) is 0 Å². The smallest absolute Gasteiger partial charge is 0.339 e. The molecule has 0 radical (unpaired) electrons. The lowest BCUT2D eigenvalue weighted by molar-refractivity contribution is 0.0693. The number of aromatic carboxylic acids is 1. The Kier molecular flexibility index (Phi) is 5.25. The normalized spacial score (nSPS) is 15.1. The minimum atomic E-state index is -3.92. The van der Waals surface area contributed by atoms with E-state index >= 15 is 0 Å². The fourth-order valence-electron chi connectivity index (χ4n) is 2.95. The number of carbonyl (C=O) groups is 1. The van der Waals surface area contributed by atoms with Gasteiger partial charge in [-0.1, -0.05) is 13.8 Å². The summed E-state index contributed by atoms with van der Waals surface area (Å²) >= 11 is 0. The summed E-state index contributed by atoms with van der Waals surface area (Å²) in [5, 5.41) is 18.7. The van der Waals surface area contributed by atoms with E-state index in [1.165, 1.54) is 10.4 Å². The van der Waals surface area contributed by atoms with Crippen LogP contribution >= 0.6 is 0 Å². The molecule has 2 aromatic rings. The lowest BCUT2D eigenvalue weighted by atomic mass is 10.1. The molecule has 0 bridgehead atoms. The molecule has 0 amide bonds. The molecule has 2 N–H and O–H groups in total. The highest BCUT2D eigenvalue weighted by Crippen LogP contribution is 2.28. The van der Waals surface area contributed by atoms with Crippen molar-refractivity contribution >= 4 is 16.0 Å². The number of nitrogens with zero attached hydrogens (tertiary/aromatic N) is 2. The first kappa shape index (κ1) is 19.4. The first-order valence-corrected chi connectivity index (χ1v) is 10.2. The molecule has 1 aliphatic heterocycles. The van der Waals surface area contributed by atoms with Crippen molar-refractivity contribution in [2.24, 2.45) is 5.92 Å². The summed E-state index contributed by atoms with van der Waals surface area (Å²) in [5.41, 5.74) is 0.145. The molecule has 9 heteroatoms. The molecule has 0 saturated carbocycles. The van der Waals surface area contributed by atoms with Crippen LogP contribution in [0.3, 0.4) is 0 Å². The highest BCUT2D eigenvalue weighted by Gasteiger charge is 2.32. The maximum absolute atomic E-state index is 12.9. The number of oxazole rings is 1. The minimum absolute atomic E-state index is 0.0755. The van der Waals surface area contributed by atoms with Gasteiger partial charge in [-0.15, -0.1) is 0 Å². The van der Waals surface area contributed by atoms with Gasteiger partial charge in [0.1, 0.15) is 17.1 Å². The number of aromatic nitrogens is 1. The maximum Gasteiger partial charge on any atom is 0.339 e. The number of rotatable bonds is 6. The van der Waals surface area contributed by atoms with E-state index < -0.39 is 27.3 Å². The van der Waals surface area contributed by atoms with Crippen LogP contribution in [0.5, 0.6) is 5.75 Å². The van der Waals surface area contributed by atoms with Gasteiger partial charge in [0.15, 0.2) is 5.89 Å². The second-order valence-electron chi connectivity index (χ2n) is 6.98. The van der Waals surface area contributed by atoms with E-state index in [0.717, 1.165) is 18.6 Å². The highest BCUT2D eigenvalue weighted by molar-refractivity contribution is 7.89. The molecule has 0 saturated heterocycles. The average Bonchev–Trinajstić information content (AvgIpc) is 3.02. The van der Waals surface area contributed by atoms with Crippen molar-refractivity contribution in [3.05, 3.63) is 41.1 Å². The van der Waals surface area contributed by atoms with E-state index in [0.29, 0.717) is 36.1 Å². The van der Waals surface area contributed by atoms with Crippen molar-refractivity contribution < 1.29 is 27.8 Å². The summed E-state index contributed by atoms with van der Waals surface area (Å²) in [6, 6.07) is 3.24. The summed E-state index contributed by atoms with van der Waals surface area (Å²) in [7, 11) is -3.92. The number of hydrogen-bond donors (Lipinski definition) is 2. The maximum atomic E-state index is 12.9. The van der Waals surface area contributed by atoms with Crippen molar-refractivity contribution in [2.75, 3.05) is 6.54 Å². The fraction of sp³-hybridized carbons (Fsp3) is 0.444. The van der Waals surface area contributed by atoms with Crippen molar-refractivity contribution in [3.8, 4) is 5.75 Å². The predicted octanol–water partition coefficient (Wildman–Crippen LogP) is 2.41. The van der Waals surface area contributed by atoms with Crippen LogP contribution in [0.25, 0.3) is 0 Å². The largest absolute Gasteiger partial charge is 0.507 e. The number of carboxylic acid groups (broad SMARTS) is 1. The summed E-state index contributed by atoms with van der Waals surface area (Å²) in [6.45, 7) is 4.52. The molecule has 1 aromatic heterocycles. The van der Waals surface area contributed by atoms with Gasteiger partial charge in [0.05, 0.1) is 17.1 Å². The van der Waals surface area contributed by atoms with Gasteiger partial charge in [0, 0.05) is 19.4 Å². The third-order valence-corrected chi connectivity index (χ3v) is 6.35. The first-order valence-electron chi connectivity index (χ1n) is 8.72. The van der Waals surface area contributed by atoms with Gasteiger partial charge in [-0.3, -0.25) is 0 Å². The Hall–Kier alpha value is -2.39. The summed E-state index contributed by atoms with van der Waals surface area (Å²) in [5.74, 6) is -0.0305. The van der Waals surface area contributed by atoms with Gasteiger partial charge >= 0.3 is 5.97 Å². The van der Waals surface area contributed by atoms with Crippen LogP contribution < -0.4 is 0 Å². The predicted molar refractivity (Wildman–Crippen MR) is 96.0 cm³/mol. The second kappa shape index (κ2) is 7.32. The Bertz CT molecular complexity index is 964. The van der Waals surface area contributed by atoms with E-state index in [1.807, 2.05) is 0 Å². The monoisotopic (exact) mass is 394 g/mol. The molecule has 1 aromatic carbocycles. The first-order chi connectivity index (χ1) is 12.7. The summed E-state index contributed by atoms with van der Waals surface area (Å²) in [4.78, 5) is 15.4. The average molecular weight is 394 g/mol. The zero-order valence-corrected chi connectivity index (χ0v) is 16.0. The standard InChI is InChI=1S/C18H22N2O6S/c1-11(2)3-6-17-19-14-10-20(8-7-16(14)26-17)27(24,25)12-4-5-15(21)13(9-12)18(22)23/h4-5,9,11,21H,3,6-8,10H2,1-2H3,(H,22,23). The Morgan fingerprint density at radius 2 is 2.11 bits per heavy atom. The van der Waals surface area contributed by atoms with E-state index in [9.17, 15) is 18.3 Å². The quantitative estimate of drug-likeness (QED) is 0.772.